The van der Waals surface area contributed by atoms with E-state index in [-0.39, 0.29) is 31.1 Å². The lowest BCUT2D eigenvalue weighted by atomic mass is 9.78. The second-order valence-electron chi connectivity index (χ2n) is 10.5. The minimum Gasteiger partial charge on any atom is -0.465 e. The quantitative estimate of drug-likeness (QED) is 0.469. The van der Waals surface area contributed by atoms with Crippen molar-refractivity contribution in [2.45, 2.75) is 69.4 Å². The average Bonchev–Trinajstić information content (AvgIpc) is 3.30. The van der Waals surface area contributed by atoms with Crippen LogP contribution in [0.1, 0.15) is 51.1 Å². The second-order valence-corrected chi connectivity index (χ2v) is 10.5. The van der Waals surface area contributed by atoms with Crippen LogP contribution in [0, 0.1) is 11.8 Å². The molecule has 0 bridgehead atoms. The predicted molar refractivity (Wildman–Crippen MR) is 136 cm³/mol. The van der Waals surface area contributed by atoms with Crippen molar-refractivity contribution >= 4 is 17.8 Å². The molecule has 5 rings (SSSR count). The molecule has 2 amide bonds. The van der Waals surface area contributed by atoms with E-state index in [9.17, 15) is 19.5 Å². The van der Waals surface area contributed by atoms with Gasteiger partial charge >= 0.3 is 5.97 Å². The highest BCUT2D eigenvalue weighted by atomic mass is 16.6. The maximum atomic E-state index is 14.4. The first-order valence-corrected chi connectivity index (χ1v) is 13.4. The molecule has 0 aromatic heterocycles. The summed E-state index contributed by atoms with van der Waals surface area (Å²) in [5.41, 5.74) is -0.620. The molecule has 1 spiro atoms. The highest BCUT2D eigenvalue weighted by Crippen LogP contribution is 2.55. The lowest BCUT2D eigenvalue weighted by molar-refractivity contribution is -0.156. The van der Waals surface area contributed by atoms with Crippen LogP contribution in [0.3, 0.4) is 0 Å². The van der Waals surface area contributed by atoms with Crippen LogP contribution in [-0.4, -0.2) is 76.2 Å². The Hall–Kier alpha value is -2.97. The molecule has 1 N–H and O–H groups in total. The molecule has 1 aromatic carbocycles. The van der Waals surface area contributed by atoms with E-state index in [2.05, 4.69) is 6.92 Å². The van der Waals surface area contributed by atoms with Gasteiger partial charge in [0.15, 0.2) is 0 Å². The van der Waals surface area contributed by atoms with Crippen LogP contribution in [-0.2, 0) is 23.9 Å². The summed E-state index contributed by atoms with van der Waals surface area (Å²) in [4.78, 5) is 45.3. The van der Waals surface area contributed by atoms with Crippen LogP contribution in [0.15, 0.2) is 54.6 Å². The van der Waals surface area contributed by atoms with Crippen molar-refractivity contribution < 1.29 is 29.0 Å². The van der Waals surface area contributed by atoms with Gasteiger partial charge in [0.05, 0.1) is 31.3 Å². The minimum atomic E-state index is -1.34. The molecule has 2 saturated heterocycles. The Labute approximate surface area is 217 Å². The number of likely N-dealkylation sites (tertiary alicyclic amines) is 1. The van der Waals surface area contributed by atoms with Crippen molar-refractivity contribution in [3.63, 3.8) is 0 Å². The molecule has 0 radical (unpaired) electrons. The molecular formula is C29H36N2O6. The van der Waals surface area contributed by atoms with Gasteiger partial charge in [-0.05, 0) is 31.7 Å². The fourth-order valence-corrected chi connectivity index (χ4v) is 6.55. The van der Waals surface area contributed by atoms with Crippen LogP contribution < -0.4 is 0 Å². The average molecular weight is 509 g/mol. The van der Waals surface area contributed by atoms with E-state index in [1.807, 2.05) is 61.6 Å². The Bertz CT molecular complexity index is 1090. The van der Waals surface area contributed by atoms with Gasteiger partial charge in [0.25, 0.3) is 0 Å². The number of carbonyl (C=O) groups excluding carboxylic acids is 3. The van der Waals surface area contributed by atoms with Gasteiger partial charge in [0, 0.05) is 12.6 Å². The highest BCUT2D eigenvalue weighted by Gasteiger charge is 2.72. The number of allylic oxidation sites excluding steroid dienone is 1. The molecule has 0 saturated carbocycles. The maximum Gasteiger partial charge on any atom is 0.312 e. The van der Waals surface area contributed by atoms with Crippen LogP contribution >= 0.6 is 0 Å². The summed E-state index contributed by atoms with van der Waals surface area (Å²) in [6.07, 6.45) is 10.0. The van der Waals surface area contributed by atoms with Crippen molar-refractivity contribution in [1.82, 2.24) is 9.80 Å². The Balaban J connectivity index is 1.66. The summed E-state index contributed by atoms with van der Waals surface area (Å²) >= 11 is 0. The highest BCUT2D eigenvalue weighted by molar-refractivity contribution is 5.99. The van der Waals surface area contributed by atoms with Crippen LogP contribution in [0.2, 0.25) is 0 Å². The van der Waals surface area contributed by atoms with Gasteiger partial charge in [-0.25, -0.2) is 0 Å². The SMILES string of the molecule is CCCC(C)N1CC=C[C@]23O[C@H]4/C=C\CCCOC(=O)[C@H]4[C@H]2C(=O)N([C@H](CO)c2ccccc2)C3C1=O. The van der Waals surface area contributed by atoms with E-state index >= 15 is 0 Å². The minimum absolute atomic E-state index is 0.0407. The zero-order valence-corrected chi connectivity index (χ0v) is 21.5. The van der Waals surface area contributed by atoms with Gasteiger partial charge in [-0.3, -0.25) is 14.4 Å². The number of rotatable bonds is 6. The molecule has 4 heterocycles. The van der Waals surface area contributed by atoms with E-state index < -0.39 is 41.6 Å². The third-order valence-corrected chi connectivity index (χ3v) is 8.25. The number of aliphatic hydroxyl groups is 1. The molecule has 2 fully saturated rings. The Morgan fingerprint density at radius 2 is 1.92 bits per heavy atom. The summed E-state index contributed by atoms with van der Waals surface area (Å²) in [5, 5.41) is 10.5. The van der Waals surface area contributed by atoms with Gasteiger partial charge in [0.1, 0.15) is 17.6 Å². The maximum absolute atomic E-state index is 14.4. The van der Waals surface area contributed by atoms with Gasteiger partial charge in [-0.2, -0.15) is 0 Å². The molecule has 2 unspecified atom stereocenters. The molecule has 37 heavy (non-hydrogen) atoms. The number of carbonyl (C=O) groups is 3. The number of cyclic esters (lactones) is 1. The molecule has 4 aliphatic heterocycles. The van der Waals surface area contributed by atoms with E-state index in [0.717, 1.165) is 24.8 Å². The number of fused-ring (bicyclic) bond motifs is 2. The van der Waals surface area contributed by atoms with Crippen molar-refractivity contribution in [1.29, 1.82) is 0 Å². The predicted octanol–water partition coefficient (Wildman–Crippen LogP) is 2.78. The Kier molecular flexibility index (Phi) is 7.23. The zero-order valence-electron chi connectivity index (χ0n) is 21.5. The third-order valence-electron chi connectivity index (χ3n) is 8.25. The zero-order chi connectivity index (χ0) is 26.2. The summed E-state index contributed by atoms with van der Waals surface area (Å²) in [6, 6.07) is 7.40. The number of nitrogens with zero attached hydrogens (tertiary/aromatic N) is 2. The van der Waals surface area contributed by atoms with Gasteiger partial charge in [-0.1, -0.05) is 68.0 Å². The Morgan fingerprint density at radius 3 is 2.65 bits per heavy atom. The lowest BCUT2D eigenvalue weighted by Gasteiger charge is -2.40. The number of benzene rings is 1. The molecule has 1 aromatic rings. The first-order valence-electron chi connectivity index (χ1n) is 13.4. The normalized spacial score (nSPS) is 33.9. The second kappa shape index (κ2) is 10.4. The fraction of sp³-hybridized carbons (Fsp3) is 0.552. The topological polar surface area (TPSA) is 96.4 Å². The molecular weight excluding hydrogens is 472 g/mol. The molecule has 7 atom stereocenters. The van der Waals surface area contributed by atoms with Crippen LogP contribution in [0.25, 0.3) is 0 Å². The van der Waals surface area contributed by atoms with E-state index in [1.165, 1.54) is 4.90 Å². The number of amides is 2. The number of esters is 1. The fourth-order valence-electron chi connectivity index (χ4n) is 6.55. The number of ether oxygens (including phenoxy) is 2. The van der Waals surface area contributed by atoms with Gasteiger partial charge in [0.2, 0.25) is 11.8 Å². The van der Waals surface area contributed by atoms with Crippen molar-refractivity contribution in [2.75, 3.05) is 19.8 Å². The summed E-state index contributed by atoms with van der Waals surface area (Å²) < 4.78 is 12.2. The number of hydrogen-bond donors (Lipinski definition) is 1. The first-order chi connectivity index (χ1) is 17.9. The molecule has 4 aliphatic rings. The third kappa shape index (κ3) is 4.20. The van der Waals surface area contributed by atoms with Crippen LogP contribution in [0.4, 0.5) is 0 Å². The number of hydrogen-bond acceptors (Lipinski definition) is 6. The lowest BCUT2D eigenvalue weighted by Crippen LogP contribution is -2.57. The van der Waals surface area contributed by atoms with E-state index in [0.29, 0.717) is 13.0 Å². The Morgan fingerprint density at radius 1 is 1.14 bits per heavy atom. The smallest absolute Gasteiger partial charge is 0.312 e. The summed E-state index contributed by atoms with van der Waals surface area (Å²) in [5.74, 6) is -2.87. The first kappa shape index (κ1) is 25.7. The number of aliphatic hydroxyl groups excluding tert-OH is 1. The molecule has 8 nitrogen and oxygen atoms in total. The van der Waals surface area contributed by atoms with E-state index in [4.69, 9.17) is 9.47 Å². The molecule has 0 aliphatic carbocycles. The van der Waals surface area contributed by atoms with E-state index in [1.54, 1.807) is 4.90 Å². The summed E-state index contributed by atoms with van der Waals surface area (Å²) in [6.45, 7) is 4.38. The van der Waals surface area contributed by atoms with Gasteiger partial charge in [-0.15, -0.1) is 0 Å². The van der Waals surface area contributed by atoms with Crippen LogP contribution in [0.5, 0.6) is 0 Å². The standard InChI is InChI=1S/C29H36N2O6/c1-3-11-19(2)30-16-10-15-29-24(23-22(37-29)14-8-5-9-17-36-28(23)35)26(33)31(25(29)27(30)34)21(18-32)20-12-6-4-7-13-20/h4,6-8,10,12-15,19,21-25,32H,3,5,9,11,16-18H2,1-2H3/b14-8-/t19?,21-,22+,23-,24+,25?,29+/m1/s1. The molecule has 198 valence electrons. The largest absolute Gasteiger partial charge is 0.465 e. The van der Waals surface area contributed by atoms with Crippen molar-refractivity contribution in [3.05, 3.63) is 60.2 Å². The summed E-state index contributed by atoms with van der Waals surface area (Å²) in [7, 11) is 0. The monoisotopic (exact) mass is 508 g/mol. The van der Waals surface area contributed by atoms with Gasteiger partial charge < -0.3 is 24.4 Å². The van der Waals surface area contributed by atoms with Crippen molar-refractivity contribution in [3.8, 4) is 0 Å². The molecule has 8 heteroatoms. The van der Waals surface area contributed by atoms with Crippen molar-refractivity contribution in [2.24, 2.45) is 11.8 Å².